The van der Waals surface area contributed by atoms with Crippen molar-refractivity contribution in [3.05, 3.63) is 34.6 Å². The summed E-state index contributed by atoms with van der Waals surface area (Å²) in [6.45, 7) is 5.56. The number of aliphatic hydroxyl groups is 1. The molecule has 1 nitrogen and oxygen atoms in total. The maximum Gasteiger partial charge on any atom is 0.129 e. The van der Waals surface area contributed by atoms with Gasteiger partial charge in [-0.05, 0) is 37.0 Å². The molecule has 1 unspecified atom stereocenters. The van der Waals surface area contributed by atoms with Crippen molar-refractivity contribution in [3.63, 3.8) is 0 Å². The number of aryl methyl sites for hydroxylation is 2. The van der Waals surface area contributed by atoms with E-state index in [4.69, 9.17) is 0 Å². The van der Waals surface area contributed by atoms with Crippen LogP contribution in [0.5, 0.6) is 0 Å². The molecular weight excluding hydrogens is 191 g/mol. The van der Waals surface area contributed by atoms with E-state index in [9.17, 15) is 9.50 Å². The van der Waals surface area contributed by atoms with Gasteiger partial charge in [0.05, 0.1) is 6.10 Å². The lowest BCUT2D eigenvalue weighted by atomic mass is 9.99. The number of hydrogen-bond donors (Lipinski definition) is 1. The summed E-state index contributed by atoms with van der Waals surface area (Å²) in [5.41, 5.74) is 2.06. The van der Waals surface area contributed by atoms with Gasteiger partial charge in [-0.1, -0.05) is 31.9 Å². The second kappa shape index (κ2) is 5.26. The van der Waals surface area contributed by atoms with Crippen LogP contribution in [0.1, 0.15) is 49.0 Å². The summed E-state index contributed by atoms with van der Waals surface area (Å²) in [6, 6.07) is 3.48. The predicted octanol–water partition coefficient (Wildman–Crippen LogP) is 3.67. The topological polar surface area (TPSA) is 20.2 Å². The number of unbranched alkanes of at least 4 members (excludes halogenated alkanes) is 1. The van der Waals surface area contributed by atoms with Gasteiger partial charge in [0, 0.05) is 0 Å². The van der Waals surface area contributed by atoms with Gasteiger partial charge < -0.3 is 5.11 Å². The summed E-state index contributed by atoms with van der Waals surface area (Å²) in [5.74, 6) is -0.165. The second-order valence-electron chi connectivity index (χ2n) is 4.13. The molecule has 0 aliphatic rings. The summed E-state index contributed by atoms with van der Waals surface area (Å²) in [4.78, 5) is 0. The molecule has 1 rings (SSSR count). The molecule has 0 amide bonds. The molecule has 1 aromatic carbocycles. The van der Waals surface area contributed by atoms with Gasteiger partial charge in [-0.3, -0.25) is 0 Å². The van der Waals surface area contributed by atoms with Crippen molar-refractivity contribution in [2.24, 2.45) is 0 Å². The van der Waals surface area contributed by atoms with E-state index in [0.717, 1.165) is 24.8 Å². The van der Waals surface area contributed by atoms with Crippen LogP contribution in [-0.4, -0.2) is 5.11 Å². The lowest BCUT2D eigenvalue weighted by Gasteiger charge is -2.13. The first-order valence-electron chi connectivity index (χ1n) is 5.51. The number of rotatable bonds is 4. The highest BCUT2D eigenvalue weighted by atomic mass is 19.1. The number of hydrogen-bond acceptors (Lipinski definition) is 1. The van der Waals surface area contributed by atoms with Crippen LogP contribution in [0.25, 0.3) is 0 Å². The standard InChI is InChI=1S/C13H19FO/c1-4-5-6-12(15)11-7-9(2)13(14)10(3)8-11/h7-8,12,15H,4-6H2,1-3H3. The Morgan fingerprint density at radius 2 is 1.80 bits per heavy atom. The molecule has 2 heteroatoms. The van der Waals surface area contributed by atoms with Gasteiger partial charge in [0.1, 0.15) is 5.82 Å². The third-order valence-corrected chi connectivity index (χ3v) is 2.67. The van der Waals surface area contributed by atoms with Gasteiger partial charge in [0.25, 0.3) is 0 Å². The molecule has 0 aliphatic carbocycles. The minimum Gasteiger partial charge on any atom is -0.388 e. The molecule has 0 aromatic heterocycles. The molecule has 0 saturated heterocycles. The fourth-order valence-corrected chi connectivity index (χ4v) is 1.74. The van der Waals surface area contributed by atoms with E-state index in [-0.39, 0.29) is 5.82 Å². The zero-order chi connectivity index (χ0) is 11.4. The lowest BCUT2D eigenvalue weighted by Crippen LogP contribution is -2.00. The second-order valence-corrected chi connectivity index (χ2v) is 4.13. The maximum atomic E-state index is 13.3. The minimum absolute atomic E-state index is 0.165. The van der Waals surface area contributed by atoms with Crippen molar-refractivity contribution in [3.8, 4) is 0 Å². The molecule has 1 N–H and O–H groups in total. The molecule has 1 atom stereocenters. The Labute approximate surface area is 90.9 Å². The van der Waals surface area contributed by atoms with Crippen molar-refractivity contribution < 1.29 is 9.50 Å². The van der Waals surface area contributed by atoms with Gasteiger partial charge >= 0.3 is 0 Å². The van der Waals surface area contributed by atoms with E-state index in [1.165, 1.54) is 0 Å². The molecule has 0 saturated carbocycles. The smallest absolute Gasteiger partial charge is 0.129 e. The first-order valence-corrected chi connectivity index (χ1v) is 5.51. The van der Waals surface area contributed by atoms with Crippen LogP contribution in [0.4, 0.5) is 4.39 Å². The fourth-order valence-electron chi connectivity index (χ4n) is 1.74. The first kappa shape index (κ1) is 12.2. The van der Waals surface area contributed by atoms with Gasteiger partial charge in [-0.25, -0.2) is 4.39 Å². The van der Waals surface area contributed by atoms with Gasteiger partial charge in [0.15, 0.2) is 0 Å². The SMILES string of the molecule is CCCCC(O)c1cc(C)c(F)c(C)c1. The van der Waals surface area contributed by atoms with E-state index in [0.29, 0.717) is 11.1 Å². The summed E-state index contributed by atoms with van der Waals surface area (Å²) in [7, 11) is 0. The summed E-state index contributed by atoms with van der Waals surface area (Å²) < 4.78 is 13.3. The van der Waals surface area contributed by atoms with Crippen LogP contribution >= 0.6 is 0 Å². The van der Waals surface area contributed by atoms with E-state index < -0.39 is 6.10 Å². The molecule has 0 aliphatic heterocycles. The quantitative estimate of drug-likeness (QED) is 0.804. The van der Waals surface area contributed by atoms with Crippen molar-refractivity contribution in [1.29, 1.82) is 0 Å². The highest BCUT2D eigenvalue weighted by molar-refractivity contribution is 5.31. The molecule has 0 radical (unpaired) electrons. The van der Waals surface area contributed by atoms with Crippen LogP contribution in [0, 0.1) is 19.7 Å². The molecule has 0 bridgehead atoms. The molecule has 0 fully saturated rings. The summed E-state index contributed by atoms with van der Waals surface area (Å²) >= 11 is 0. The molecular formula is C13H19FO. The maximum absolute atomic E-state index is 13.3. The minimum atomic E-state index is -0.456. The first-order chi connectivity index (χ1) is 7.06. The van der Waals surface area contributed by atoms with Crippen molar-refractivity contribution in [2.75, 3.05) is 0 Å². The van der Waals surface area contributed by atoms with Gasteiger partial charge in [-0.2, -0.15) is 0 Å². The summed E-state index contributed by atoms with van der Waals surface area (Å²) in [5, 5.41) is 9.87. The fraction of sp³-hybridized carbons (Fsp3) is 0.538. The van der Waals surface area contributed by atoms with Crippen LogP contribution in [0.3, 0.4) is 0 Å². The average molecular weight is 210 g/mol. The van der Waals surface area contributed by atoms with Crippen molar-refractivity contribution in [1.82, 2.24) is 0 Å². The largest absolute Gasteiger partial charge is 0.388 e. The number of benzene rings is 1. The Hall–Kier alpha value is -0.890. The van der Waals surface area contributed by atoms with Crippen molar-refractivity contribution in [2.45, 2.75) is 46.1 Å². The van der Waals surface area contributed by atoms with E-state index in [1.807, 2.05) is 0 Å². The highest BCUT2D eigenvalue weighted by Gasteiger charge is 2.10. The van der Waals surface area contributed by atoms with Gasteiger partial charge in [-0.15, -0.1) is 0 Å². The Morgan fingerprint density at radius 1 is 1.27 bits per heavy atom. The van der Waals surface area contributed by atoms with Crippen LogP contribution in [0.15, 0.2) is 12.1 Å². The zero-order valence-electron chi connectivity index (χ0n) is 9.68. The van der Waals surface area contributed by atoms with E-state index in [2.05, 4.69) is 6.92 Å². The Bertz CT molecular complexity index is 310. The van der Waals surface area contributed by atoms with Crippen molar-refractivity contribution >= 4 is 0 Å². The Morgan fingerprint density at radius 3 is 2.27 bits per heavy atom. The third-order valence-electron chi connectivity index (χ3n) is 2.67. The summed E-state index contributed by atoms with van der Waals surface area (Å²) in [6.07, 6.45) is 2.36. The normalized spacial score (nSPS) is 12.9. The number of aliphatic hydroxyl groups excluding tert-OH is 1. The Balaban J connectivity index is 2.86. The number of halogens is 1. The van der Waals surface area contributed by atoms with Crippen LogP contribution < -0.4 is 0 Å². The molecule has 0 spiro atoms. The molecule has 1 aromatic rings. The predicted molar refractivity (Wildman–Crippen MR) is 60.4 cm³/mol. The van der Waals surface area contributed by atoms with Crippen LogP contribution in [-0.2, 0) is 0 Å². The van der Waals surface area contributed by atoms with E-state index in [1.54, 1.807) is 26.0 Å². The van der Waals surface area contributed by atoms with Gasteiger partial charge in [0.2, 0.25) is 0 Å². The molecule has 15 heavy (non-hydrogen) atoms. The molecule has 84 valence electrons. The average Bonchev–Trinajstić information content (AvgIpc) is 2.21. The van der Waals surface area contributed by atoms with Crippen LogP contribution in [0.2, 0.25) is 0 Å². The molecule has 0 heterocycles. The monoisotopic (exact) mass is 210 g/mol. The third kappa shape index (κ3) is 3.03. The lowest BCUT2D eigenvalue weighted by molar-refractivity contribution is 0.164. The highest BCUT2D eigenvalue weighted by Crippen LogP contribution is 2.23. The zero-order valence-corrected chi connectivity index (χ0v) is 9.68. The van der Waals surface area contributed by atoms with E-state index >= 15 is 0 Å². The Kier molecular flexibility index (Phi) is 4.28.